The molecule has 162 valence electrons. The summed E-state index contributed by atoms with van der Waals surface area (Å²) in [6.07, 6.45) is 2.39. The number of anilines is 2. The van der Waals surface area contributed by atoms with Gasteiger partial charge in [0, 0.05) is 12.1 Å². The van der Waals surface area contributed by atoms with E-state index in [9.17, 15) is 4.39 Å². The van der Waals surface area contributed by atoms with Crippen molar-refractivity contribution in [2.45, 2.75) is 26.9 Å². The van der Waals surface area contributed by atoms with Crippen LogP contribution in [0, 0.1) is 23.6 Å². The summed E-state index contributed by atoms with van der Waals surface area (Å²) in [6.45, 7) is 4.53. The Labute approximate surface area is 195 Å². The minimum atomic E-state index is -0.296. The molecule has 0 saturated carbocycles. The Morgan fingerprint density at radius 1 is 1.16 bits per heavy atom. The van der Waals surface area contributed by atoms with Gasteiger partial charge in [-0.15, -0.1) is 11.3 Å². The van der Waals surface area contributed by atoms with Crippen molar-refractivity contribution in [2.75, 3.05) is 5.32 Å². The van der Waals surface area contributed by atoms with Crippen LogP contribution in [-0.4, -0.2) is 9.97 Å². The summed E-state index contributed by atoms with van der Waals surface area (Å²) in [5.41, 5.74) is 2.35. The van der Waals surface area contributed by atoms with Crippen LogP contribution in [-0.2, 0) is 6.61 Å². The third-order valence-corrected chi connectivity index (χ3v) is 5.85. The van der Waals surface area contributed by atoms with Crippen LogP contribution in [0.4, 0.5) is 15.9 Å². The molecule has 2 heterocycles. The number of ether oxygens (including phenoxy) is 1. The fourth-order valence-corrected chi connectivity index (χ4v) is 4.13. The van der Waals surface area contributed by atoms with E-state index in [1.165, 1.54) is 18.5 Å². The largest absolute Gasteiger partial charge is 0.487 e. The molecule has 32 heavy (non-hydrogen) atoms. The molecule has 0 aliphatic rings. The molecule has 0 aliphatic heterocycles. The molecule has 0 saturated heterocycles. The predicted molar refractivity (Wildman–Crippen MR) is 129 cm³/mol. The number of fused-ring (bicyclic) bond motifs is 1. The number of nitrogens with one attached hydrogen (secondary N) is 1. The van der Waals surface area contributed by atoms with Gasteiger partial charge >= 0.3 is 0 Å². The van der Waals surface area contributed by atoms with Crippen molar-refractivity contribution < 1.29 is 9.13 Å². The van der Waals surface area contributed by atoms with E-state index in [4.69, 9.17) is 16.3 Å². The lowest BCUT2D eigenvalue weighted by atomic mass is 10.1. The number of nitrogens with zero attached hydrogens (tertiary/aromatic N) is 2. The number of aromatic nitrogens is 2. The van der Waals surface area contributed by atoms with Gasteiger partial charge in [0.1, 0.15) is 24.5 Å². The Bertz CT molecular complexity index is 1310. The van der Waals surface area contributed by atoms with Crippen molar-refractivity contribution in [3.05, 3.63) is 76.1 Å². The van der Waals surface area contributed by atoms with E-state index in [2.05, 4.69) is 41.0 Å². The van der Waals surface area contributed by atoms with Gasteiger partial charge in [-0.3, -0.25) is 0 Å². The van der Waals surface area contributed by atoms with Crippen LogP contribution in [0.5, 0.6) is 5.75 Å². The summed E-state index contributed by atoms with van der Waals surface area (Å²) in [6, 6.07) is 13.7. The lowest BCUT2D eigenvalue weighted by Crippen LogP contribution is -1.98. The van der Waals surface area contributed by atoms with E-state index in [0.717, 1.165) is 32.8 Å². The third-order valence-electron chi connectivity index (χ3n) is 4.51. The van der Waals surface area contributed by atoms with Gasteiger partial charge in [0.15, 0.2) is 5.82 Å². The lowest BCUT2D eigenvalue weighted by molar-refractivity contribution is 0.306. The van der Waals surface area contributed by atoms with Gasteiger partial charge in [0.2, 0.25) is 0 Å². The number of hydrogen-bond donors (Lipinski definition) is 1. The highest BCUT2D eigenvalue weighted by molar-refractivity contribution is 7.20. The van der Waals surface area contributed by atoms with Crippen LogP contribution >= 0.6 is 22.9 Å². The Hall–Kier alpha value is -3.14. The molecule has 1 N–H and O–H groups in total. The lowest BCUT2D eigenvalue weighted by Gasteiger charge is -2.11. The van der Waals surface area contributed by atoms with Crippen molar-refractivity contribution in [2.24, 2.45) is 5.92 Å². The molecule has 0 aliphatic carbocycles. The van der Waals surface area contributed by atoms with E-state index >= 15 is 0 Å². The second-order valence-electron chi connectivity index (χ2n) is 7.64. The normalized spacial score (nSPS) is 10.8. The van der Waals surface area contributed by atoms with Crippen LogP contribution in [0.15, 0.2) is 54.9 Å². The molecule has 0 bridgehead atoms. The smallest absolute Gasteiger partial charge is 0.151 e. The summed E-state index contributed by atoms with van der Waals surface area (Å²) >= 11 is 7.97. The molecule has 0 spiro atoms. The number of rotatable bonds is 6. The highest BCUT2D eigenvalue weighted by Crippen LogP contribution is 2.33. The van der Waals surface area contributed by atoms with Crippen molar-refractivity contribution in [3.8, 4) is 17.6 Å². The summed E-state index contributed by atoms with van der Waals surface area (Å²) < 4.78 is 20.0. The van der Waals surface area contributed by atoms with Crippen LogP contribution in [0.25, 0.3) is 10.2 Å². The fraction of sp³-hybridized carbons (Fsp3) is 0.200. The van der Waals surface area contributed by atoms with Crippen LogP contribution in [0.3, 0.4) is 0 Å². The monoisotopic (exact) mass is 465 g/mol. The molecule has 0 unspecified atom stereocenters. The summed E-state index contributed by atoms with van der Waals surface area (Å²) in [7, 11) is 0. The first-order valence-corrected chi connectivity index (χ1v) is 11.3. The second-order valence-corrected chi connectivity index (χ2v) is 9.10. The average Bonchev–Trinajstić information content (AvgIpc) is 3.17. The molecule has 2 aromatic heterocycles. The Morgan fingerprint density at radius 3 is 2.81 bits per heavy atom. The molecule has 0 fully saturated rings. The van der Waals surface area contributed by atoms with Crippen LogP contribution in [0.2, 0.25) is 5.02 Å². The number of hydrogen-bond acceptors (Lipinski definition) is 5. The van der Waals surface area contributed by atoms with Crippen molar-refractivity contribution in [1.82, 2.24) is 9.97 Å². The SMILES string of the molecule is CC(C)CC#Cc1cc2ncnc(Nc3ccc(OCc4cccc(F)c4)c(Cl)c3)c2s1. The van der Waals surface area contributed by atoms with E-state index in [1.807, 2.05) is 12.1 Å². The molecule has 7 heteroatoms. The van der Waals surface area contributed by atoms with Crippen molar-refractivity contribution in [3.63, 3.8) is 0 Å². The highest BCUT2D eigenvalue weighted by Gasteiger charge is 2.10. The zero-order chi connectivity index (χ0) is 22.5. The summed E-state index contributed by atoms with van der Waals surface area (Å²) in [5.74, 6) is 7.89. The predicted octanol–water partition coefficient (Wildman–Crippen LogP) is 7.20. The van der Waals surface area contributed by atoms with Crippen molar-refractivity contribution in [1.29, 1.82) is 0 Å². The van der Waals surface area contributed by atoms with Gasteiger partial charge in [-0.25, -0.2) is 14.4 Å². The second kappa shape index (κ2) is 9.99. The van der Waals surface area contributed by atoms with Gasteiger partial charge in [0.25, 0.3) is 0 Å². The Morgan fingerprint density at radius 2 is 2.03 bits per heavy atom. The number of benzene rings is 2. The molecule has 2 aromatic carbocycles. The van der Waals surface area contributed by atoms with Gasteiger partial charge < -0.3 is 10.1 Å². The standard InChI is InChI=1S/C25H21ClFN3OS/c1-16(2)5-3-8-20-13-22-24(32-20)25(29-15-28-22)30-19-9-10-23(21(26)12-19)31-14-17-6-4-7-18(27)11-17/h4,6-7,9-13,15-16H,5,14H2,1-2H3,(H,28,29,30). The van der Waals surface area contributed by atoms with Crippen LogP contribution < -0.4 is 10.1 Å². The molecule has 0 amide bonds. The summed E-state index contributed by atoms with van der Waals surface area (Å²) in [4.78, 5) is 9.71. The first-order chi connectivity index (χ1) is 15.5. The topological polar surface area (TPSA) is 47.0 Å². The maximum Gasteiger partial charge on any atom is 0.151 e. The molecule has 4 rings (SSSR count). The summed E-state index contributed by atoms with van der Waals surface area (Å²) in [5, 5.41) is 3.75. The third kappa shape index (κ3) is 5.56. The van der Waals surface area contributed by atoms with E-state index < -0.39 is 0 Å². The van der Waals surface area contributed by atoms with E-state index in [-0.39, 0.29) is 12.4 Å². The molecule has 0 atom stereocenters. The first kappa shape index (κ1) is 22.1. The zero-order valence-electron chi connectivity index (χ0n) is 17.7. The van der Waals surface area contributed by atoms with Crippen molar-refractivity contribution >= 4 is 44.7 Å². The van der Waals surface area contributed by atoms with Gasteiger partial charge in [-0.2, -0.15) is 0 Å². The molecule has 4 aromatic rings. The average molecular weight is 466 g/mol. The number of halogens is 2. The number of thiophene rings is 1. The quantitative estimate of drug-likeness (QED) is 0.306. The maximum absolute atomic E-state index is 13.3. The molecular weight excluding hydrogens is 445 g/mol. The minimum absolute atomic E-state index is 0.229. The van der Waals surface area contributed by atoms with Gasteiger partial charge in [-0.05, 0) is 47.9 Å². The first-order valence-electron chi connectivity index (χ1n) is 10.1. The Balaban J connectivity index is 1.49. The van der Waals surface area contributed by atoms with E-state index in [0.29, 0.717) is 22.5 Å². The zero-order valence-corrected chi connectivity index (χ0v) is 19.2. The van der Waals surface area contributed by atoms with Gasteiger partial charge in [-0.1, -0.05) is 49.4 Å². The van der Waals surface area contributed by atoms with Gasteiger partial charge in [0.05, 0.1) is 20.1 Å². The fourth-order valence-electron chi connectivity index (χ4n) is 2.97. The maximum atomic E-state index is 13.3. The molecule has 4 nitrogen and oxygen atoms in total. The molecule has 0 radical (unpaired) electrons. The van der Waals surface area contributed by atoms with E-state index in [1.54, 1.807) is 35.6 Å². The highest BCUT2D eigenvalue weighted by atomic mass is 35.5. The van der Waals surface area contributed by atoms with Crippen LogP contribution in [0.1, 0.15) is 30.7 Å². The Kier molecular flexibility index (Phi) is 6.89. The molecular formula is C25H21ClFN3OS. The minimum Gasteiger partial charge on any atom is -0.487 e.